The molecule has 2 heterocycles. The lowest BCUT2D eigenvalue weighted by Crippen LogP contribution is -2.15. The predicted molar refractivity (Wildman–Crippen MR) is 89.1 cm³/mol. The second-order valence-electron chi connectivity index (χ2n) is 5.19. The highest BCUT2D eigenvalue weighted by molar-refractivity contribution is 6.35. The van der Waals surface area contributed by atoms with Crippen molar-refractivity contribution in [1.82, 2.24) is 9.97 Å². The van der Waals surface area contributed by atoms with E-state index in [0.717, 1.165) is 16.9 Å². The van der Waals surface area contributed by atoms with E-state index in [-0.39, 0.29) is 21.8 Å². The summed E-state index contributed by atoms with van der Waals surface area (Å²) in [6, 6.07) is 3.40. The summed E-state index contributed by atoms with van der Waals surface area (Å²) >= 11 is 11.9. The Balaban J connectivity index is 2.59. The van der Waals surface area contributed by atoms with Crippen LogP contribution in [0, 0.1) is 6.92 Å². The smallest absolute Gasteiger partial charge is 0.253 e. The lowest BCUT2D eigenvalue weighted by molar-refractivity contribution is 0.100. The average Bonchev–Trinajstić information content (AvgIpc) is 2.39. The Hall–Kier alpha value is -1.85. The first-order valence-corrected chi connectivity index (χ1v) is 7.45. The van der Waals surface area contributed by atoms with Gasteiger partial charge in [0.1, 0.15) is 15.9 Å². The lowest BCUT2D eigenvalue weighted by Gasteiger charge is -2.18. The van der Waals surface area contributed by atoms with Gasteiger partial charge in [0.2, 0.25) is 0 Å². The van der Waals surface area contributed by atoms with E-state index in [1.54, 1.807) is 6.20 Å². The number of pyridine rings is 2. The number of nitrogens with two attached hydrogens (primary N) is 1. The number of amides is 1. The maximum absolute atomic E-state index is 11.6. The molecule has 0 fully saturated rings. The van der Waals surface area contributed by atoms with Gasteiger partial charge in [-0.25, -0.2) is 4.98 Å². The number of carbonyl (C=O) groups excluding carboxylic acids is 1. The molecule has 0 saturated heterocycles. The summed E-state index contributed by atoms with van der Waals surface area (Å²) in [5, 5.41) is 3.32. The van der Waals surface area contributed by atoms with E-state index in [2.05, 4.69) is 15.3 Å². The quantitative estimate of drug-likeness (QED) is 0.823. The number of primary amides is 1. The van der Waals surface area contributed by atoms with Crippen LogP contribution in [0.4, 0.5) is 11.4 Å². The van der Waals surface area contributed by atoms with Crippen LogP contribution in [-0.4, -0.2) is 15.9 Å². The van der Waals surface area contributed by atoms with Gasteiger partial charge in [0.05, 0.1) is 17.1 Å². The Kier molecular flexibility index (Phi) is 4.88. The minimum atomic E-state index is -0.677. The first-order valence-electron chi connectivity index (χ1n) is 6.69. The number of carbonyl (C=O) groups is 1. The van der Waals surface area contributed by atoms with Gasteiger partial charge < -0.3 is 11.1 Å². The molecule has 5 nitrogen and oxygen atoms in total. The molecule has 0 aliphatic heterocycles. The first kappa shape index (κ1) is 16.5. The molecular weight excluding hydrogens is 323 g/mol. The zero-order valence-corrected chi connectivity index (χ0v) is 14.0. The maximum Gasteiger partial charge on any atom is 0.253 e. The Morgan fingerprint density at radius 1 is 1.36 bits per heavy atom. The number of aromatic nitrogens is 2. The molecule has 0 unspecified atom stereocenters. The van der Waals surface area contributed by atoms with Crippen LogP contribution in [-0.2, 0) is 0 Å². The molecule has 2 rings (SSSR count). The molecule has 0 saturated carbocycles. The molecule has 0 aliphatic rings. The summed E-state index contributed by atoms with van der Waals surface area (Å²) in [5.74, 6) is -0.475. The average molecular weight is 339 g/mol. The van der Waals surface area contributed by atoms with Gasteiger partial charge in [-0.3, -0.25) is 9.78 Å². The van der Waals surface area contributed by atoms with Crippen LogP contribution in [0.5, 0.6) is 0 Å². The number of nitrogens with one attached hydrogen (secondary N) is 1. The molecule has 2 aromatic heterocycles. The van der Waals surface area contributed by atoms with Crippen LogP contribution < -0.4 is 11.1 Å². The van der Waals surface area contributed by atoms with Gasteiger partial charge in [0.15, 0.2) is 0 Å². The number of aryl methyl sites for hydroxylation is 1. The van der Waals surface area contributed by atoms with Gasteiger partial charge >= 0.3 is 0 Å². The molecule has 1 amide bonds. The third kappa shape index (κ3) is 3.31. The monoisotopic (exact) mass is 338 g/mol. The molecule has 3 N–H and O–H groups in total. The molecule has 0 bridgehead atoms. The second kappa shape index (κ2) is 6.50. The minimum Gasteiger partial charge on any atom is -0.365 e. The van der Waals surface area contributed by atoms with E-state index in [1.165, 1.54) is 6.07 Å². The minimum absolute atomic E-state index is 0.0323. The Labute approximate surface area is 138 Å². The van der Waals surface area contributed by atoms with E-state index < -0.39 is 5.91 Å². The number of hydrogen-bond acceptors (Lipinski definition) is 4. The molecule has 7 heteroatoms. The predicted octanol–water partition coefficient (Wildman–Crippen LogP) is 4.06. The molecule has 0 atom stereocenters. The van der Waals surface area contributed by atoms with E-state index in [0.29, 0.717) is 5.69 Å². The van der Waals surface area contributed by atoms with Crippen LogP contribution in [0.2, 0.25) is 10.3 Å². The van der Waals surface area contributed by atoms with Crippen LogP contribution in [0.3, 0.4) is 0 Å². The fourth-order valence-corrected chi connectivity index (χ4v) is 2.65. The van der Waals surface area contributed by atoms with Crippen molar-refractivity contribution in [2.75, 3.05) is 5.32 Å². The lowest BCUT2D eigenvalue weighted by atomic mass is 10.0. The maximum atomic E-state index is 11.6. The normalized spacial score (nSPS) is 10.8. The van der Waals surface area contributed by atoms with Crippen molar-refractivity contribution in [1.29, 1.82) is 0 Å². The van der Waals surface area contributed by atoms with Gasteiger partial charge in [-0.15, -0.1) is 0 Å². The third-order valence-corrected chi connectivity index (χ3v) is 3.65. The topological polar surface area (TPSA) is 80.9 Å². The summed E-state index contributed by atoms with van der Waals surface area (Å²) in [7, 11) is 0. The zero-order chi connectivity index (χ0) is 16.4. The van der Waals surface area contributed by atoms with Gasteiger partial charge in [-0.2, -0.15) is 0 Å². The largest absolute Gasteiger partial charge is 0.365 e. The fraction of sp³-hybridized carbons (Fsp3) is 0.267. The number of rotatable bonds is 4. The van der Waals surface area contributed by atoms with Gasteiger partial charge in [-0.05, 0) is 30.5 Å². The third-order valence-electron chi connectivity index (χ3n) is 3.19. The molecule has 0 aromatic carbocycles. The van der Waals surface area contributed by atoms with Crippen LogP contribution in [0.15, 0.2) is 18.3 Å². The number of halogens is 2. The number of hydrogen-bond donors (Lipinski definition) is 2. The highest BCUT2D eigenvalue weighted by Gasteiger charge is 2.18. The van der Waals surface area contributed by atoms with Crippen molar-refractivity contribution in [3.05, 3.63) is 45.5 Å². The zero-order valence-electron chi connectivity index (χ0n) is 12.4. The number of nitrogens with zero attached hydrogens (tertiary/aromatic N) is 2. The molecule has 116 valence electrons. The summed E-state index contributed by atoms with van der Waals surface area (Å²) in [6.45, 7) is 6.02. The second-order valence-corrected chi connectivity index (χ2v) is 5.94. The standard InChI is InChI=1S/C15H16Cl2N4O/c1-7(2)12-13(8(3)4-5-19-12)20-9-6-10(16)21-14(17)11(9)15(18)22/h4-7H,1-3H3,(H2,18,22)(H,20,21). The van der Waals surface area contributed by atoms with Crippen molar-refractivity contribution in [2.45, 2.75) is 26.7 Å². The Bertz CT molecular complexity index is 732. The molecule has 2 aromatic rings. The molecule has 0 aliphatic carbocycles. The highest BCUT2D eigenvalue weighted by Crippen LogP contribution is 2.32. The van der Waals surface area contributed by atoms with E-state index >= 15 is 0 Å². The summed E-state index contributed by atoms with van der Waals surface area (Å²) in [6.07, 6.45) is 1.75. The first-order chi connectivity index (χ1) is 10.3. The van der Waals surface area contributed by atoms with Crippen molar-refractivity contribution in [2.24, 2.45) is 5.73 Å². The van der Waals surface area contributed by atoms with Crippen LogP contribution in [0.1, 0.15) is 41.4 Å². The molecule has 0 radical (unpaired) electrons. The summed E-state index contributed by atoms with van der Waals surface area (Å²) in [4.78, 5) is 19.9. The van der Waals surface area contributed by atoms with Gasteiger partial charge in [0.25, 0.3) is 5.91 Å². The van der Waals surface area contributed by atoms with Gasteiger partial charge in [-0.1, -0.05) is 37.0 Å². The van der Waals surface area contributed by atoms with Crippen molar-refractivity contribution in [3.8, 4) is 0 Å². The highest BCUT2D eigenvalue weighted by atomic mass is 35.5. The summed E-state index contributed by atoms with van der Waals surface area (Å²) < 4.78 is 0. The fourth-order valence-electron chi connectivity index (χ4n) is 2.13. The SMILES string of the molecule is Cc1ccnc(C(C)C)c1Nc1cc(Cl)nc(Cl)c1C(N)=O. The van der Waals surface area contributed by atoms with Crippen LogP contribution in [0.25, 0.3) is 0 Å². The van der Waals surface area contributed by atoms with E-state index in [4.69, 9.17) is 28.9 Å². The van der Waals surface area contributed by atoms with Crippen molar-refractivity contribution in [3.63, 3.8) is 0 Å². The van der Waals surface area contributed by atoms with E-state index in [9.17, 15) is 4.79 Å². The molecule has 22 heavy (non-hydrogen) atoms. The molecule has 0 spiro atoms. The summed E-state index contributed by atoms with van der Waals surface area (Å²) in [5.41, 5.74) is 8.57. The Morgan fingerprint density at radius 2 is 2.05 bits per heavy atom. The van der Waals surface area contributed by atoms with Crippen LogP contribution >= 0.6 is 23.2 Å². The van der Waals surface area contributed by atoms with Gasteiger partial charge in [0, 0.05) is 6.20 Å². The molecular formula is C15H16Cl2N4O. The van der Waals surface area contributed by atoms with Crippen molar-refractivity contribution >= 4 is 40.5 Å². The Morgan fingerprint density at radius 3 is 2.64 bits per heavy atom. The number of anilines is 2. The van der Waals surface area contributed by atoms with E-state index in [1.807, 2.05) is 26.8 Å². The van der Waals surface area contributed by atoms with Crippen molar-refractivity contribution < 1.29 is 4.79 Å².